The summed E-state index contributed by atoms with van der Waals surface area (Å²) in [7, 11) is 0. The van der Waals surface area contributed by atoms with Crippen molar-refractivity contribution < 1.29 is 9.47 Å². The molecule has 0 aromatic carbocycles. The van der Waals surface area contributed by atoms with Gasteiger partial charge in [0.1, 0.15) is 12.7 Å². The van der Waals surface area contributed by atoms with Crippen LogP contribution in [-0.4, -0.2) is 17.9 Å². The van der Waals surface area contributed by atoms with Gasteiger partial charge in [-0.3, -0.25) is 0 Å². The Balaban J connectivity index is 1.99. The van der Waals surface area contributed by atoms with Crippen LogP contribution in [0.15, 0.2) is 12.2 Å². The van der Waals surface area contributed by atoms with Crippen molar-refractivity contribution in [3.8, 4) is 0 Å². The molecule has 1 atom stereocenters. The van der Waals surface area contributed by atoms with Crippen LogP contribution in [0.5, 0.6) is 0 Å². The zero-order chi connectivity index (χ0) is 10.2. The van der Waals surface area contributed by atoms with Crippen molar-refractivity contribution in [1.29, 1.82) is 0 Å². The molecular formula is C11H18O2S. The van der Waals surface area contributed by atoms with Crippen LogP contribution in [0.3, 0.4) is 0 Å². The van der Waals surface area contributed by atoms with E-state index in [-0.39, 0.29) is 6.10 Å². The standard InChI is InChI=1S/C11H18O2S/c1-2-3-4-5-6-7-8-10-9-12-11(14)13-10/h6-7,10H,2-5,8-9H2,1H3/b7-6+. The molecule has 3 heteroatoms. The van der Waals surface area contributed by atoms with Crippen LogP contribution >= 0.6 is 12.2 Å². The molecule has 14 heavy (non-hydrogen) atoms. The molecule has 2 nitrogen and oxygen atoms in total. The summed E-state index contributed by atoms with van der Waals surface area (Å²) in [5.74, 6) is 0. The minimum Gasteiger partial charge on any atom is -0.453 e. The lowest BCUT2D eigenvalue weighted by molar-refractivity contribution is 0.234. The number of hydrogen-bond acceptors (Lipinski definition) is 3. The fourth-order valence-electron chi connectivity index (χ4n) is 1.36. The highest BCUT2D eigenvalue weighted by molar-refractivity contribution is 7.79. The number of allylic oxidation sites excluding steroid dienone is 1. The summed E-state index contributed by atoms with van der Waals surface area (Å²) >= 11 is 4.76. The SMILES string of the molecule is CCCCC/C=C/CC1COC(=S)O1. The van der Waals surface area contributed by atoms with Gasteiger partial charge in [-0.1, -0.05) is 31.9 Å². The summed E-state index contributed by atoms with van der Waals surface area (Å²) in [5.41, 5.74) is 0. The molecular weight excluding hydrogens is 196 g/mol. The van der Waals surface area contributed by atoms with E-state index < -0.39 is 0 Å². The van der Waals surface area contributed by atoms with Crippen LogP contribution in [-0.2, 0) is 9.47 Å². The molecule has 0 saturated carbocycles. The molecule has 1 aliphatic heterocycles. The van der Waals surface area contributed by atoms with Gasteiger partial charge < -0.3 is 9.47 Å². The van der Waals surface area contributed by atoms with Gasteiger partial charge in [0.25, 0.3) is 0 Å². The lowest BCUT2D eigenvalue weighted by atomic mass is 10.2. The van der Waals surface area contributed by atoms with Crippen molar-refractivity contribution in [3.63, 3.8) is 0 Å². The minimum absolute atomic E-state index is 0.143. The number of ether oxygens (including phenoxy) is 2. The highest BCUT2D eigenvalue weighted by Gasteiger charge is 2.19. The van der Waals surface area contributed by atoms with Crippen LogP contribution in [0, 0.1) is 0 Å². The van der Waals surface area contributed by atoms with Crippen molar-refractivity contribution in [1.82, 2.24) is 0 Å². The second-order valence-corrected chi connectivity index (χ2v) is 3.84. The van der Waals surface area contributed by atoms with E-state index in [1.165, 1.54) is 25.7 Å². The summed E-state index contributed by atoms with van der Waals surface area (Å²) in [6.45, 7) is 2.83. The van der Waals surface area contributed by atoms with E-state index in [9.17, 15) is 0 Å². The van der Waals surface area contributed by atoms with Crippen molar-refractivity contribution in [2.45, 2.75) is 45.1 Å². The molecule has 1 unspecified atom stereocenters. The largest absolute Gasteiger partial charge is 0.453 e. The fourth-order valence-corrected chi connectivity index (χ4v) is 1.56. The van der Waals surface area contributed by atoms with Crippen LogP contribution in [0.2, 0.25) is 0 Å². The Hall–Kier alpha value is -0.570. The zero-order valence-corrected chi connectivity index (χ0v) is 9.52. The maximum Gasteiger partial charge on any atom is 0.352 e. The molecule has 1 rings (SSSR count). The van der Waals surface area contributed by atoms with Gasteiger partial charge in [-0.25, -0.2) is 0 Å². The lowest BCUT2D eigenvalue weighted by Crippen LogP contribution is -2.07. The highest BCUT2D eigenvalue weighted by Crippen LogP contribution is 2.11. The average molecular weight is 214 g/mol. The fraction of sp³-hybridized carbons (Fsp3) is 0.727. The molecule has 80 valence electrons. The van der Waals surface area contributed by atoms with Crippen LogP contribution in [0.4, 0.5) is 0 Å². The average Bonchev–Trinajstić information content (AvgIpc) is 2.58. The third-order valence-electron chi connectivity index (χ3n) is 2.19. The molecule has 0 aliphatic carbocycles. The van der Waals surface area contributed by atoms with Gasteiger partial charge in [0.2, 0.25) is 0 Å². The first-order valence-corrected chi connectivity index (χ1v) is 5.72. The van der Waals surface area contributed by atoms with Crippen LogP contribution in [0.25, 0.3) is 0 Å². The molecule has 1 fully saturated rings. The second-order valence-electron chi connectivity index (χ2n) is 3.50. The van der Waals surface area contributed by atoms with E-state index >= 15 is 0 Å². The van der Waals surface area contributed by atoms with E-state index in [0.29, 0.717) is 11.8 Å². The highest BCUT2D eigenvalue weighted by atomic mass is 32.1. The Morgan fingerprint density at radius 1 is 1.43 bits per heavy atom. The van der Waals surface area contributed by atoms with Gasteiger partial charge in [0.05, 0.1) is 0 Å². The van der Waals surface area contributed by atoms with Crippen molar-refractivity contribution >= 4 is 17.5 Å². The second kappa shape index (κ2) is 6.82. The lowest BCUT2D eigenvalue weighted by Gasteiger charge is -2.01. The van der Waals surface area contributed by atoms with Crippen molar-refractivity contribution in [2.24, 2.45) is 0 Å². The zero-order valence-electron chi connectivity index (χ0n) is 8.70. The molecule has 0 bridgehead atoms. The predicted octanol–water partition coefficient (Wildman–Crippen LogP) is 3.21. The molecule has 0 N–H and O–H groups in total. The first-order valence-electron chi connectivity index (χ1n) is 5.31. The summed E-state index contributed by atoms with van der Waals surface area (Å²) < 4.78 is 10.3. The molecule has 0 aromatic rings. The Morgan fingerprint density at radius 2 is 2.29 bits per heavy atom. The third kappa shape index (κ3) is 4.61. The number of rotatable bonds is 6. The number of thiocarbonyl (C=S) groups is 1. The first kappa shape index (κ1) is 11.5. The summed E-state index contributed by atoms with van der Waals surface area (Å²) in [6, 6.07) is 0. The van der Waals surface area contributed by atoms with Crippen LogP contribution in [0.1, 0.15) is 39.0 Å². The Labute approximate surface area is 91.3 Å². The van der Waals surface area contributed by atoms with Gasteiger partial charge in [-0.2, -0.15) is 0 Å². The molecule has 0 radical (unpaired) electrons. The number of unbranched alkanes of at least 4 members (excludes halogenated alkanes) is 3. The van der Waals surface area contributed by atoms with Crippen molar-refractivity contribution in [2.75, 3.05) is 6.61 Å². The van der Waals surface area contributed by atoms with Gasteiger partial charge in [-0.15, -0.1) is 0 Å². The van der Waals surface area contributed by atoms with Gasteiger partial charge in [-0.05, 0) is 12.8 Å². The Bertz CT molecular complexity index is 201. The van der Waals surface area contributed by atoms with Gasteiger partial charge >= 0.3 is 5.24 Å². The van der Waals surface area contributed by atoms with Gasteiger partial charge in [0, 0.05) is 18.6 Å². The molecule has 1 saturated heterocycles. The molecule has 0 aromatic heterocycles. The smallest absolute Gasteiger partial charge is 0.352 e. The molecule has 1 heterocycles. The van der Waals surface area contributed by atoms with E-state index in [1.54, 1.807) is 0 Å². The third-order valence-corrected chi connectivity index (χ3v) is 2.40. The topological polar surface area (TPSA) is 18.5 Å². The first-order chi connectivity index (χ1) is 6.83. The van der Waals surface area contributed by atoms with E-state index in [4.69, 9.17) is 21.7 Å². The summed E-state index contributed by atoms with van der Waals surface area (Å²) in [6.07, 6.45) is 10.5. The van der Waals surface area contributed by atoms with Crippen LogP contribution < -0.4 is 0 Å². The monoisotopic (exact) mass is 214 g/mol. The predicted molar refractivity (Wildman–Crippen MR) is 61.3 cm³/mol. The number of hydrogen-bond donors (Lipinski definition) is 0. The Kier molecular flexibility index (Phi) is 5.60. The quantitative estimate of drug-likeness (QED) is 0.384. The van der Waals surface area contributed by atoms with E-state index in [1.807, 2.05) is 0 Å². The van der Waals surface area contributed by atoms with E-state index in [2.05, 4.69) is 19.1 Å². The van der Waals surface area contributed by atoms with Crippen molar-refractivity contribution in [3.05, 3.63) is 12.2 Å². The molecule has 0 amide bonds. The maximum atomic E-state index is 5.25. The summed E-state index contributed by atoms with van der Waals surface area (Å²) in [5, 5.41) is 0.300. The van der Waals surface area contributed by atoms with E-state index in [0.717, 1.165) is 6.42 Å². The molecule has 0 spiro atoms. The maximum absolute atomic E-state index is 5.25. The van der Waals surface area contributed by atoms with Gasteiger partial charge in [0.15, 0.2) is 0 Å². The summed E-state index contributed by atoms with van der Waals surface area (Å²) in [4.78, 5) is 0. The Morgan fingerprint density at radius 3 is 2.93 bits per heavy atom. The normalized spacial score (nSPS) is 21.2. The minimum atomic E-state index is 0.143. The molecule has 1 aliphatic rings.